The molecule has 2 aliphatic rings. The summed E-state index contributed by atoms with van der Waals surface area (Å²) in [5.74, 6) is 1.10. The summed E-state index contributed by atoms with van der Waals surface area (Å²) in [4.78, 5) is 16.6. The smallest absolute Gasteiger partial charge is 0.317 e. The van der Waals surface area contributed by atoms with Crippen LogP contribution in [-0.4, -0.2) is 66.1 Å². The monoisotopic (exact) mass is 283 g/mol. The second kappa shape index (κ2) is 7.20. The van der Waals surface area contributed by atoms with Gasteiger partial charge >= 0.3 is 6.03 Å². The van der Waals surface area contributed by atoms with Crippen molar-refractivity contribution in [2.45, 2.75) is 31.8 Å². The molecular weight excluding hydrogens is 258 g/mol. The van der Waals surface area contributed by atoms with Gasteiger partial charge in [0.25, 0.3) is 0 Å². The van der Waals surface area contributed by atoms with Crippen molar-refractivity contribution in [3.63, 3.8) is 0 Å². The fourth-order valence-corrected chi connectivity index (χ4v) is 3.27. The molecule has 2 unspecified atom stereocenters. The van der Waals surface area contributed by atoms with E-state index in [2.05, 4.69) is 35.5 Å². The van der Waals surface area contributed by atoms with Crippen molar-refractivity contribution in [2.24, 2.45) is 0 Å². The summed E-state index contributed by atoms with van der Waals surface area (Å²) in [7, 11) is 0. The Morgan fingerprint density at radius 2 is 2.21 bits per heavy atom. The van der Waals surface area contributed by atoms with E-state index in [-0.39, 0.29) is 12.1 Å². The minimum absolute atomic E-state index is 0.114. The maximum Gasteiger partial charge on any atom is 0.317 e. The van der Waals surface area contributed by atoms with E-state index in [1.807, 2.05) is 16.7 Å². The van der Waals surface area contributed by atoms with Gasteiger partial charge in [0.15, 0.2) is 0 Å². The minimum atomic E-state index is 0.114. The first kappa shape index (κ1) is 14.7. The topological polar surface area (TPSA) is 35.6 Å². The maximum atomic E-state index is 12.2. The fraction of sp³-hybridized carbons (Fsp3) is 0.786. The van der Waals surface area contributed by atoms with E-state index in [4.69, 9.17) is 0 Å². The van der Waals surface area contributed by atoms with Gasteiger partial charge in [-0.2, -0.15) is 11.8 Å². The number of hydrogen-bond acceptors (Lipinski definition) is 3. The predicted molar refractivity (Wildman–Crippen MR) is 81.7 cm³/mol. The van der Waals surface area contributed by atoms with Gasteiger partial charge < -0.3 is 10.2 Å². The maximum absolute atomic E-state index is 12.2. The zero-order valence-electron chi connectivity index (χ0n) is 12.0. The van der Waals surface area contributed by atoms with Crippen molar-refractivity contribution in [1.82, 2.24) is 15.1 Å². The number of thioether (sulfide) groups is 1. The minimum Gasteiger partial charge on any atom is -0.336 e. The van der Waals surface area contributed by atoms with Crippen molar-refractivity contribution in [3.05, 3.63) is 12.2 Å². The van der Waals surface area contributed by atoms with Gasteiger partial charge in [0.1, 0.15) is 0 Å². The molecule has 0 bridgehead atoms. The molecule has 2 aliphatic heterocycles. The van der Waals surface area contributed by atoms with Crippen molar-refractivity contribution in [3.8, 4) is 0 Å². The molecule has 1 fully saturated rings. The van der Waals surface area contributed by atoms with Crippen LogP contribution in [0.2, 0.25) is 0 Å². The molecule has 2 amide bonds. The summed E-state index contributed by atoms with van der Waals surface area (Å²) in [6, 6.07) is 0.929. The second-order valence-corrected chi connectivity index (χ2v) is 6.43. The van der Waals surface area contributed by atoms with Crippen molar-refractivity contribution in [2.75, 3.05) is 38.2 Å². The van der Waals surface area contributed by atoms with Crippen LogP contribution in [0.4, 0.5) is 4.79 Å². The van der Waals surface area contributed by atoms with E-state index < -0.39 is 0 Å². The molecule has 5 heteroatoms. The predicted octanol–water partition coefficient (Wildman–Crippen LogP) is 1.78. The molecule has 2 heterocycles. The fourth-order valence-electron chi connectivity index (χ4n) is 2.69. The summed E-state index contributed by atoms with van der Waals surface area (Å²) < 4.78 is 0. The van der Waals surface area contributed by atoms with Crippen LogP contribution >= 0.6 is 11.8 Å². The Bertz CT molecular complexity index is 327. The van der Waals surface area contributed by atoms with E-state index in [0.29, 0.717) is 6.04 Å². The Balaban J connectivity index is 1.72. The van der Waals surface area contributed by atoms with Crippen LogP contribution in [0.5, 0.6) is 0 Å². The summed E-state index contributed by atoms with van der Waals surface area (Å²) in [5, 5.41) is 3.11. The third-order valence-electron chi connectivity index (χ3n) is 3.94. The van der Waals surface area contributed by atoms with E-state index >= 15 is 0 Å². The molecule has 4 nitrogen and oxygen atoms in total. The van der Waals surface area contributed by atoms with Crippen molar-refractivity contribution >= 4 is 17.8 Å². The van der Waals surface area contributed by atoms with Crippen LogP contribution in [0, 0.1) is 0 Å². The number of rotatable bonds is 5. The molecule has 0 aliphatic carbocycles. The molecule has 0 aromatic carbocycles. The summed E-state index contributed by atoms with van der Waals surface area (Å²) in [5.41, 5.74) is 0. The number of hydrogen-bond donors (Lipinski definition) is 1. The Morgan fingerprint density at radius 1 is 1.47 bits per heavy atom. The Kier molecular flexibility index (Phi) is 5.58. The number of likely N-dealkylation sites (tertiary alicyclic amines) is 1. The average Bonchev–Trinajstić information content (AvgIpc) is 3.05. The number of carbonyl (C=O) groups excluding carboxylic acids is 1. The molecule has 1 saturated heterocycles. The highest BCUT2D eigenvalue weighted by molar-refractivity contribution is 7.98. The van der Waals surface area contributed by atoms with Crippen LogP contribution in [0.3, 0.4) is 0 Å². The summed E-state index contributed by atoms with van der Waals surface area (Å²) >= 11 is 1.83. The Morgan fingerprint density at radius 3 is 2.89 bits per heavy atom. The lowest BCUT2D eigenvalue weighted by molar-refractivity contribution is 0.197. The molecule has 0 radical (unpaired) electrons. The lowest BCUT2D eigenvalue weighted by Gasteiger charge is -2.24. The number of amides is 2. The van der Waals surface area contributed by atoms with E-state index in [9.17, 15) is 4.79 Å². The SMILES string of the molecule is CSCCC(C)NC(=O)N1CCC(N2CC=CC2)C1. The van der Waals surface area contributed by atoms with Crippen LogP contribution in [0.15, 0.2) is 12.2 Å². The van der Waals surface area contributed by atoms with E-state index in [1.54, 1.807) is 0 Å². The van der Waals surface area contributed by atoms with Crippen LogP contribution in [0.25, 0.3) is 0 Å². The molecule has 0 saturated carbocycles. The second-order valence-electron chi connectivity index (χ2n) is 5.45. The van der Waals surface area contributed by atoms with E-state index in [1.165, 1.54) is 0 Å². The van der Waals surface area contributed by atoms with Crippen LogP contribution in [-0.2, 0) is 0 Å². The summed E-state index contributed by atoms with van der Waals surface area (Å²) in [6.07, 6.45) is 8.68. The largest absolute Gasteiger partial charge is 0.336 e. The molecule has 0 aromatic heterocycles. The molecule has 108 valence electrons. The number of nitrogens with zero attached hydrogens (tertiary/aromatic N) is 2. The van der Waals surface area contributed by atoms with Crippen molar-refractivity contribution < 1.29 is 4.79 Å². The number of urea groups is 1. The lowest BCUT2D eigenvalue weighted by Crippen LogP contribution is -2.44. The van der Waals surface area contributed by atoms with Crippen molar-refractivity contribution in [1.29, 1.82) is 0 Å². The first-order valence-electron chi connectivity index (χ1n) is 7.14. The van der Waals surface area contributed by atoms with Gasteiger partial charge in [-0.25, -0.2) is 4.79 Å². The first-order valence-corrected chi connectivity index (χ1v) is 8.53. The van der Waals surface area contributed by atoms with Gasteiger partial charge in [-0.3, -0.25) is 4.90 Å². The van der Waals surface area contributed by atoms with Crippen LogP contribution < -0.4 is 5.32 Å². The normalized spacial score (nSPS) is 24.9. The average molecular weight is 283 g/mol. The third-order valence-corrected chi connectivity index (χ3v) is 4.58. The zero-order chi connectivity index (χ0) is 13.7. The molecule has 19 heavy (non-hydrogen) atoms. The Labute approximate surface area is 120 Å². The highest BCUT2D eigenvalue weighted by Gasteiger charge is 2.30. The highest BCUT2D eigenvalue weighted by atomic mass is 32.2. The molecular formula is C14H25N3OS. The number of carbonyl (C=O) groups is 1. The molecule has 2 atom stereocenters. The van der Waals surface area contributed by atoms with E-state index in [0.717, 1.165) is 44.8 Å². The lowest BCUT2D eigenvalue weighted by atomic mass is 10.2. The van der Waals surface area contributed by atoms with Gasteiger partial charge in [0.05, 0.1) is 0 Å². The van der Waals surface area contributed by atoms with Gasteiger partial charge in [-0.15, -0.1) is 0 Å². The Hall–Kier alpha value is -0.680. The zero-order valence-corrected chi connectivity index (χ0v) is 12.8. The van der Waals surface area contributed by atoms with Gasteiger partial charge in [-0.1, -0.05) is 12.2 Å². The molecule has 1 N–H and O–H groups in total. The third kappa shape index (κ3) is 4.14. The molecule has 0 spiro atoms. The summed E-state index contributed by atoms with van der Waals surface area (Å²) in [6.45, 7) is 5.95. The highest BCUT2D eigenvalue weighted by Crippen LogP contribution is 2.18. The van der Waals surface area contributed by atoms with Crippen LogP contribution in [0.1, 0.15) is 19.8 Å². The van der Waals surface area contributed by atoms with Gasteiger partial charge in [-0.05, 0) is 31.8 Å². The number of nitrogens with one attached hydrogen (secondary N) is 1. The molecule has 2 rings (SSSR count). The quantitative estimate of drug-likeness (QED) is 0.781. The molecule has 0 aromatic rings. The van der Waals surface area contributed by atoms with Gasteiger partial charge in [0.2, 0.25) is 0 Å². The standard InChI is InChI=1S/C14H25N3OS/c1-12(6-10-19-2)15-14(18)17-9-5-13(11-17)16-7-3-4-8-16/h3-4,12-13H,5-11H2,1-2H3,(H,15,18). The van der Waals surface area contributed by atoms with Gasteiger partial charge in [0, 0.05) is 38.3 Å². The first-order chi connectivity index (χ1) is 9.20.